The van der Waals surface area contributed by atoms with Crippen molar-refractivity contribution in [2.24, 2.45) is 0 Å². The van der Waals surface area contributed by atoms with Gasteiger partial charge in [0.2, 0.25) is 18.5 Å². The summed E-state index contributed by atoms with van der Waals surface area (Å²) in [6.45, 7) is 8.55. The molecule has 2 unspecified atom stereocenters. The molecule has 52 heavy (non-hydrogen) atoms. The average Bonchev–Trinajstić information content (AvgIpc) is 3.08. The molecule has 0 bridgehead atoms. The topological polar surface area (TPSA) is 129 Å². The first-order chi connectivity index (χ1) is 25.0. The third-order valence-corrected chi connectivity index (χ3v) is 11.4. The Morgan fingerprint density at radius 3 is 1.10 bits per heavy atom. The van der Waals surface area contributed by atoms with Crippen LogP contribution in [0.25, 0.3) is 0 Å². The van der Waals surface area contributed by atoms with E-state index in [0.29, 0.717) is 17.9 Å². The molecule has 0 aromatic rings. The van der Waals surface area contributed by atoms with Crippen molar-refractivity contribution in [3.63, 3.8) is 0 Å². The van der Waals surface area contributed by atoms with Crippen molar-refractivity contribution in [1.82, 2.24) is 5.06 Å². The minimum Gasteiger partial charge on any atom is -0.436 e. The third-order valence-electron chi connectivity index (χ3n) is 9.35. The summed E-state index contributed by atoms with van der Waals surface area (Å²) in [7, 11) is -3.95. The van der Waals surface area contributed by atoms with E-state index in [4.69, 9.17) is 18.5 Å². The molecule has 0 aromatic carbocycles. The Labute approximate surface area is 318 Å². The minimum atomic E-state index is -3.95. The van der Waals surface area contributed by atoms with Crippen LogP contribution in [0.1, 0.15) is 221 Å². The van der Waals surface area contributed by atoms with Crippen molar-refractivity contribution in [3.05, 3.63) is 0 Å². The van der Waals surface area contributed by atoms with Crippen LogP contribution in [0.4, 0.5) is 0 Å². The van der Waals surface area contributed by atoms with Gasteiger partial charge in [-0.2, -0.15) is 0 Å². The average molecular weight is 762 g/mol. The van der Waals surface area contributed by atoms with Gasteiger partial charge in [0.25, 0.3) is 0 Å². The number of hydrogen-bond donors (Lipinski definition) is 1. The van der Waals surface area contributed by atoms with E-state index in [9.17, 15) is 24.2 Å². The smallest absolute Gasteiger partial charge is 0.336 e. The second-order valence-corrected chi connectivity index (χ2v) is 16.7. The summed E-state index contributed by atoms with van der Waals surface area (Å²) >= 11 is 0. The lowest BCUT2D eigenvalue weighted by molar-refractivity contribution is -0.168. The lowest BCUT2D eigenvalue weighted by Gasteiger charge is -2.25. The third kappa shape index (κ3) is 33.1. The molecule has 1 amide bonds. The molecule has 0 radical (unpaired) electrons. The van der Waals surface area contributed by atoms with Gasteiger partial charge >= 0.3 is 19.5 Å². The van der Waals surface area contributed by atoms with Crippen LogP contribution in [0.3, 0.4) is 0 Å². The Kier molecular flexibility index (Phi) is 34.2. The molecule has 0 saturated heterocycles. The van der Waals surface area contributed by atoms with Crippen molar-refractivity contribution in [3.8, 4) is 0 Å². The minimum absolute atomic E-state index is 0.0899. The van der Waals surface area contributed by atoms with Gasteiger partial charge in [0.05, 0.1) is 6.16 Å². The van der Waals surface area contributed by atoms with Crippen molar-refractivity contribution in [2.75, 3.05) is 12.7 Å². The van der Waals surface area contributed by atoms with Gasteiger partial charge in [0, 0.05) is 26.3 Å². The summed E-state index contributed by atoms with van der Waals surface area (Å²) < 4.78 is 35.7. The molecule has 0 rings (SSSR count). The molecule has 0 heterocycles. The molecule has 0 aliphatic heterocycles. The number of hydroxylamine groups is 2. The normalized spacial score (nSPS) is 13.7. The summed E-state index contributed by atoms with van der Waals surface area (Å²) in [4.78, 5) is 36.3. The molecule has 2 atom stereocenters. The highest BCUT2D eigenvalue weighted by atomic mass is 31.2. The quantitative estimate of drug-likeness (QED) is 0.0163. The van der Waals surface area contributed by atoms with E-state index < -0.39 is 38.0 Å². The van der Waals surface area contributed by atoms with E-state index in [1.54, 1.807) is 0 Å². The van der Waals surface area contributed by atoms with Crippen molar-refractivity contribution >= 4 is 25.4 Å². The fourth-order valence-electron chi connectivity index (χ4n) is 6.26. The number of ether oxygens (including phenoxy) is 2. The highest BCUT2D eigenvalue weighted by Crippen LogP contribution is 2.51. The summed E-state index contributed by atoms with van der Waals surface area (Å²) in [6, 6.07) is 0. The Bertz CT molecular complexity index is 863. The molecular weight excluding hydrogens is 681 g/mol. The van der Waals surface area contributed by atoms with Crippen molar-refractivity contribution < 1.29 is 42.7 Å². The van der Waals surface area contributed by atoms with Gasteiger partial charge in [0.1, 0.15) is 0 Å². The highest BCUT2D eigenvalue weighted by Gasteiger charge is 2.32. The van der Waals surface area contributed by atoms with E-state index in [1.807, 2.05) is 0 Å². The molecule has 1 N–H and O–H groups in total. The second kappa shape index (κ2) is 35.2. The van der Waals surface area contributed by atoms with Gasteiger partial charge in [0.15, 0.2) is 0 Å². The highest BCUT2D eigenvalue weighted by molar-refractivity contribution is 7.53. The second-order valence-electron chi connectivity index (χ2n) is 14.6. The van der Waals surface area contributed by atoms with E-state index >= 15 is 0 Å². The molecule has 0 saturated carbocycles. The van der Waals surface area contributed by atoms with Gasteiger partial charge in [-0.1, -0.05) is 168 Å². The van der Waals surface area contributed by atoms with E-state index in [0.717, 1.165) is 25.7 Å². The number of esters is 2. The Morgan fingerprint density at radius 2 is 0.808 bits per heavy atom. The summed E-state index contributed by atoms with van der Waals surface area (Å²) in [5.74, 6) is -1.45. The van der Waals surface area contributed by atoms with Crippen LogP contribution in [0.2, 0.25) is 0 Å². The van der Waals surface area contributed by atoms with Crippen molar-refractivity contribution in [2.45, 2.75) is 233 Å². The maximum absolute atomic E-state index is 13.7. The van der Waals surface area contributed by atoms with Gasteiger partial charge in [-0.3, -0.25) is 33.2 Å². The molecule has 11 heteroatoms. The van der Waals surface area contributed by atoms with Crippen LogP contribution < -0.4 is 0 Å². The van der Waals surface area contributed by atoms with E-state index in [1.165, 1.54) is 149 Å². The number of unbranched alkanes of at least 4 members (excludes halogenated alkanes) is 24. The Balaban J connectivity index is 4.42. The molecule has 308 valence electrons. The Morgan fingerprint density at radius 1 is 0.519 bits per heavy atom. The fraction of sp³-hybridized carbons (Fsp3) is 0.927. The first-order valence-electron chi connectivity index (χ1n) is 21.3. The number of amides is 1. The predicted octanol–water partition coefficient (Wildman–Crippen LogP) is 12.6. The van der Waals surface area contributed by atoms with Gasteiger partial charge in [-0.15, -0.1) is 0 Å². The zero-order valence-electron chi connectivity index (χ0n) is 34.2. The van der Waals surface area contributed by atoms with Crippen LogP contribution in [0, 0.1) is 0 Å². The summed E-state index contributed by atoms with van der Waals surface area (Å²) in [5.41, 5.74) is 0. The van der Waals surface area contributed by atoms with E-state index in [-0.39, 0.29) is 32.0 Å². The fourth-order valence-corrected chi connectivity index (χ4v) is 8.04. The first kappa shape index (κ1) is 50.5. The maximum Gasteiger partial charge on any atom is 0.336 e. The standard InChI is InChI=1S/C41H80NO9P/c1-6-8-10-12-14-16-18-20-22-24-26-28-30-33-40(44)48-38(4)50-52(47,36-32-35-42(46)37(3)43)51-39(5)49-41(45)34-31-29-27-25-23-21-19-17-15-13-11-9-7-2/h38-39,46H,6-36H2,1-5H3. The van der Waals surface area contributed by atoms with Crippen LogP contribution in [-0.4, -0.2) is 53.4 Å². The largest absolute Gasteiger partial charge is 0.436 e. The molecule has 0 aliphatic rings. The number of nitrogens with zero attached hydrogens (tertiary/aromatic N) is 1. The van der Waals surface area contributed by atoms with E-state index in [2.05, 4.69) is 13.8 Å². The van der Waals surface area contributed by atoms with Crippen LogP contribution >= 0.6 is 7.60 Å². The summed E-state index contributed by atoms with van der Waals surface area (Å²) in [5, 5.41) is 10.3. The van der Waals surface area contributed by atoms with Crippen LogP contribution in [0.5, 0.6) is 0 Å². The molecule has 0 aromatic heterocycles. The maximum atomic E-state index is 13.7. The molecular formula is C41H80NO9P. The monoisotopic (exact) mass is 762 g/mol. The first-order valence-corrected chi connectivity index (χ1v) is 23.1. The summed E-state index contributed by atoms with van der Waals surface area (Å²) in [6.07, 6.45) is 29.5. The predicted molar refractivity (Wildman–Crippen MR) is 210 cm³/mol. The SMILES string of the molecule is CCCCCCCCCCCCCCCC(=O)OC(C)OP(=O)(CCCN(O)C(C)=O)OC(C)OC(=O)CCCCCCCCCCCCCCC. The van der Waals surface area contributed by atoms with Gasteiger partial charge < -0.3 is 9.47 Å². The number of carbonyl (C=O) groups excluding carboxylic acids is 3. The molecule has 0 spiro atoms. The Hall–Kier alpha value is -1.48. The number of carbonyl (C=O) groups is 3. The zero-order chi connectivity index (χ0) is 38.7. The molecule has 0 aliphatic carbocycles. The van der Waals surface area contributed by atoms with Gasteiger partial charge in [-0.25, -0.2) is 5.06 Å². The zero-order valence-corrected chi connectivity index (χ0v) is 35.1. The number of hydrogen-bond acceptors (Lipinski definition) is 9. The number of rotatable bonds is 38. The van der Waals surface area contributed by atoms with Crippen molar-refractivity contribution in [1.29, 1.82) is 0 Å². The lowest BCUT2D eigenvalue weighted by atomic mass is 10.0. The van der Waals surface area contributed by atoms with Gasteiger partial charge in [-0.05, 0) is 33.1 Å². The van der Waals surface area contributed by atoms with Crippen LogP contribution in [0.15, 0.2) is 0 Å². The molecule has 10 nitrogen and oxygen atoms in total. The lowest BCUT2D eigenvalue weighted by Crippen LogP contribution is -2.27. The molecule has 0 fully saturated rings. The van der Waals surface area contributed by atoms with Crippen LogP contribution in [-0.2, 0) is 37.5 Å².